The van der Waals surface area contributed by atoms with Crippen molar-refractivity contribution in [2.75, 3.05) is 26.8 Å². The van der Waals surface area contributed by atoms with Crippen LogP contribution in [-0.4, -0.2) is 45.5 Å². The van der Waals surface area contributed by atoms with Crippen molar-refractivity contribution in [2.45, 2.75) is 11.0 Å². The zero-order chi connectivity index (χ0) is 18.0. The highest BCUT2D eigenvalue weighted by atomic mass is 32.2. The van der Waals surface area contributed by atoms with Gasteiger partial charge in [-0.25, -0.2) is 17.6 Å². The summed E-state index contributed by atoms with van der Waals surface area (Å²) in [6, 6.07) is 7.15. The number of benzene rings is 1. The molecular formula is C16H16FNO5S2. The third-order valence-corrected chi connectivity index (χ3v) is 6.82. The van der Waals surface area contributed by atoms with Crippen LogP contribution in [0.4, 0.5) is 4.39 Å². The fraction of sp³-hybridized carbons (Fsp3) is 0.312. The van der Waals surface area contributed by atoms with Gasteiger partial charge in [0.2, 0.25) is 10.0 Å². The second-order valence-corrected chi connectivity index (χ2v) is 8.20. The Morgan fingerprint density at radius 1 is 1.32 bits per heavy atom. The van der Waals surface area contributed by atoms with Crippen molar-refractivity contribution < 1.29 is 27.1 Å². The molecule has 25 heavy (non-hydrogen) atoms. The van der Waals surface area contributed by atoms with Crippen molar-refractivity contribution >= 4 is 27.3 Å². The van der Waals surface area contributed by atoms with Gasteiger partial charge in [-0.05, 0) is 29.1 Å². The molecule has 2 heterocycles. The summed E-state index contributed by atoms with van der Waals surface area (Å²) in [5, 5.41) is 1.54. The van der Waals surface area contributed by atoms with Crippen molar-refractivity contribution in [1.29, 1.82) is 0 Å². The summed E-state index contributed by atoms with van der Waals surface area (Å²) in [6.07, 6.45) is -0.496. The topological polar surface area (TPSA) is 72.9 Å². The number of methoxy groups -OCH3 is 1. The lowest BCUT2D eigenvalue weighted by Crippen LogP contribution is -2.42. The first-order valence-corrected chi connectivity index (χ1v) is 9.78. The van der Waals surface area contributed by atoms with E-state index in [9.17, 15) is 17.6 Å². The maximum atomic E-state index is 13.1. The van der Waals surface area contributed by atoms with Gasteiger partial charge >= 0.3 is 5.97 Å². The molecule has 0 bridgehead atoms. The van der Waals surface area contributed by atoms with Gasteiger partial charge in [0.1, 0.15) is 15.6 Å². The third kappa shape index (κ3) is 3.59. The van der Waals surface area contributed by atoms with E-state index in [1.165, 1.54) is 35.0 Å². The van der Waals surface area contributed by atoms with Gasteiger partial charge in [0, 0.05) is 13.1 Å². The smallest absolute Gasteiger partial charge is 0.349 e. The molecular weight excluding hydrogens is 369 g/mol. The van der Waals surface area contributed by atoms with E-state index in [1.54, 1.807) is 12.1 Å². The highest BCUT2D eigenvalue weighted by molar-refractivity contribution is 7.89. The van der Waals surface area contributed by atoms with E-state index in [2.05, 4.69) is 4.74 Å². The molecule has 0 radical (unpaired) electrons. The first-order valence-electron chi connectivity index (χ1n) is 7.46. The standard InChI is InChI=1S/C16H16FNO5S2/c1-22-16(19)15-14(6-9-24-15)25(20,21)18-7-8-23-13(10-18)11-2-4-12(17)5-3-11/h2-6,9,13H,7-8,10H2,1H3. The molecule has 6 nitrogen and oxygen atoms in total. The van der Waals surface area contributed by atoms with Crippen LogP contribution < -0.4 is 0 Å². The number of nitrogens with zero attached hydrogens (tertiary/aromatic N) is 1. The maximum absolute atomic E-state index is 13.1. The molecule has 1 saturated heterocycles. The van der Waals surface area contributed by atoms with Crippen molar-refractivity contribution in [3.63, 3.8) is 0 Å². The molecule has 3 rings (SSSR count). The van der Waals surface area contributed by atoms with Crippen LogP contribution in [-0.2, 0) is 19.5 Å². The Balaban J connectivity index is 1.86. The second-order valence-electron chi connectivity index (χ2n) is 5.38. The van der Waals surface area contributed by atoms with Crippen molar-refractivity contribution in [1.82, 2.24) is 4.31 Å². The van der Waals surface area contributed by atoms with Gasteiger partial charge < -0.3 is 9.47 Å². The second kappa shape index (κ2) is 7.20. The average Bonchev–Trinajstić information content (AvgIpc) is 3.12. The fourth-order valence-corrected chi connectivity index (χ4v) is 5.34. The number of morpholine rings is 1. The van der Waals surface area contributed by atoms with Gasteiger partial charge in [-0.3, -0.25) is 0 Å². The molecule has 0 aliphatic carbocycles. The lowest BCUT2D eigenvalue weighted by Gasteiger charge is -2.32. The van der Waals surface area contributed by atoms with Crippen LogP contribution in [0.25, 0.3) is 0 Å². The lowest BCUT2D eigenvalue weighted by atomic mass is 10.1. The first-order chi connectivity index (χ1) is 11.9. The Morgan fingerprint density at radius 3 is 2.72 bits per heavy atom. The van der Waals surface area contributed by atoms with Crippen LogP contribution in [0.2, 0.25) is 0 Å². The number of hydrogen-bond acceptors (Lipinski definition) is 6. The van der Waals surface area contributed by atoms with Gasteiger partial charge in [-0.15, -0.1) is 11.3 Å². The van der Waals surface area contributed by atoms with Gasteiger partial charge in [0.25, 0.3) is 0 Å². The third-order valence-electron chi connectivity index (χ3n) is 3.89. The molecule has 0 amide bonds. The fourth-order valence-electron chi connectivity index (χ4n) is 2.60. The summed E-state index contributed by atoms with van der Waals surface area (Å²) in [7, 11) is -2.66. The molecule has 0 saturated carbocycles. The molecule has 0 N–H and O–H groups in total. The van der Waals surface area contributed by atoms with E-state index in [4.69, 9.17) is 4.74 Å². The number of carbonyl (C=O) groups is 1. The van der Waals surface area contributed by atoms with E-state index >= 15 is 0 Å². The predicted octanol–water partition coefficient (Wildman–Crippen LogP) is 2.44. The molecule has 0 spiro atoms. The molecule has 1 aliphatic rings. The summed E-state index contributed by atoms with van der Waals surface area (Å²) >= 11 is 1.02. The normalized spacial score (nSPS) is 18.9. The summed E-state index contributed by atoms with van der Waals surface area (Å²) < 4.78 is 50.5. The number of sulfonamides is 1. The SMILES string of the molecule is COC(=O)c1sccc1S(=O)(=O)N1CCOC(c2ccc(F)cc2)C1. The summed E-state index contributed by atoms with van der Waals surface area (Å²) in [4.78, 5) is 11.8. The van der Waals surface area contributed by atoms with Crippen LogP contribution in [0.5, 0.6) is 0 Å². The zero-order valence-corrected chi connectivity index (χ0v) is 15.0. The van der Waals surface area contributed by atoms with Crippen LogP contribution in [0.3, 0.4) is 0 Å². The van der Waals surface area contributed by atoms with E-state index in [-0.39, 0.29) is 35.3 Å². The molecule has 134 valence electrons. The predicted molar refractivity (Wildman–Crippen MR) is 89.5 cm³/mol. The van der Waals surface area contributed by atoms with Crippen LogP contribution in [0, 0.1) is 5.82 Å². The number of carbonyl (C=O) groups excluding carboxylic acids is 1. The molecule has 1 aromatic carbocycles. The molecule has 1 aromatic heterocycles. The number of rotatable bonds is 4. The van der Waals surface area contributed by atoms with Crippen LogP contribution >= 0.6 is 11.3 Å². The number of hydrogen-bond donors (Lipinski definition) is 0. The number of esters is 1. The Morgan fingerprint density at radius 2 is 2.04 bits per heavy atom. The van der Waals surface area contributed by atoms with E-state index in [0.717, 1.165) is 11.3 Å². The Bertz CT molecular complexity index is 863. The summed E-state index contributed by atoms with van der Waals surface area (Å²) in [5.74, 6) is -1.05. The molecule has 1 fully saturated rings. The van der Waals surface area contributed by atoms with Crippen molar-refractivity contribution in [3.8, 4) is 0 Å². The summed E-state index contributed by atoms with van der Waals surface area (Å²) in [5.41, 5.74) is 0.694. The highest BCUT2D eigenvalue weighted by Crippen LogP contribution is 2.30. The Labute approximate surface area is 148 Å². The Hall–Kier alpha value is -1.81. The zero-order valence-electron chi connectivity index (χ0n) is 13.3. The average molecular weight is 385 g/mol. The first kappa shape index (κ1) is 18.0. The van der Waals surface area contributed by atoms with Crippen LogP contribution in [0.1, 0.15) is 21.3 Å². The molecule has 2 aromatic rings. The van der Waals surface area contributed by atoms with Crippen LogP contribution in [0.15, 0.2) is 40.6 Å². The van der Waals surface area contributed by atoms with Crippen molar-refractivity contribution in [3.05, 3.63) is 52.0 Å². The van der Waals surface area contributed by atoms with Gasteiger partial charge in [-0.1, -0.05) is 12.1 Å². The number of thiophene rings is 1. The highest BCUT2D eigenvalue weighted by Gasteiger charge is 2.34. The minimum Gasteiger partial charge on any atom is -0.465 e. The molecule has 1 atom stereocenters. The quantitative estimate of drug-likeness (QED) is 0.756. The minimum atomic E-state index is -3.86. The molecule has 9 heteroatoms. The minimum absolute atomic E-state index is 0.0484. The van der Waals surface area contributed by atoms with E-state index < -0.39 is 22.1 Å². The van der Waals surface area contributed by atoms with E-state index in [0.29, 0.717) is 5.56 Å². The molecule has 1 aliphatic heterocycles. The van der Waals surface area contributed by atoms with Crippen molar-refractivity contribution in [2.24, 2.45) is 0 Å². The monoisotopic (exact) mass is 385 g/mol. The maximum Gasteiger partial charge on any atom is 0.349 e. The van der Waals surface area contributed by atoms with Gasteiger partial charge in [-0.2, -0.15) is 4.31 Å². The largest absolute Gasteiger partial charge is 0.465 e. The van der Waals surface area contributed by atoms with Gasteiger partial charge in [0.15, 0.2) is 0 Å². The number of halogens is 1. The molecule has 1 unspecified atom stereocenters. The Kier molecular flexibility index (Phi) is 5.19. The summed E-state index contributed by atoms with van der Waals surface area (Å²) in [6.45, 7) is 0.472. The van der Waals surface area contributed by atoms with Gasteiger partial charge in [0.05, 0.1) is 19.8 Å². The number of ether oxygens (including phenoxy) is 2. The lowest BCUT2D eigenvalue weighted by molar-refractivity contribution is -0.00259. The van der Waals surface area contributed by atoms with E-state index in [1.807, 2.05) is 0 Å².